The maximum absolute atomic E-state index is 11.8. The summed E-state index contributed by atoms with van der Waals surface area (Å²) in [6.07, 6.45) is 2.06. The fraction of sp³-hybridized carbons (Fsp3) is 0.615. The first-order valence-corrected chi connectivity index (χ1v) is 7.45. The maximum atomic E-state index is 11.8. The van der Waals surface area contributed by atoms with E-state index in [1.807, 2.05) is 6.07 Å². The Morgan fingerprint density at radius 2 is 2.39 bits per heavy atom. The minimum absolute atomic E-state index is 0.147. The average Bonchev–Trinajstić information content (AvgIpc) is 2.74. The molecule has 1 saturated heterocycles. The fourth-order valence-corrected chi connectivity index (χ4v) is 2.81. The molecule has 0 atom stereocenters. The van der Waals surface area contributed by atoms with Gasteiger partial charge < -0.3 is 10.6 Å². The number of amides is 1. The first-order chi connectivity index (χ1) is 8.84. The Hall–Kier alpha value is -0.910. The van der Waals surface area contributed by atoms with E-state index in [0.29, 0.717) is 6.54 Å². The molecule has 1 amide bonds. The molecule has 5 heteroatoms. The highest BCUT2D eigenvalue weighted by molar-refractivity contribution is 7.09. The van der Waals surface area contributed by atoms with E-state index in [1.165, 1.54) is 4.88 Å². The molecule has 1 aliphatic heterocycles. The van der Waals surface area contributed by atoms with Gasteiger partial charge in [0.1, 0.15) is 0 Å². The molecule has 18 heavy (non-hydrogen) atoms. The molecule has 4 nitrogen and oxygen atoms in total. The van der Waals surface area contributed by atoms with Gasteiger partial charge in [-0.15, -0.1) is 11.3 Å². The molecule has 2 N–H and O–H groups in total. The Balaban J connectivity index is 1.62. The zero-order valence-corrected chi connectivity index (χ0v) is 11.5. The number of carbonyl (C=O) groups excluding carboxylic acids is 1. The van der Waals surface area contributed by atoms with Gasteiger partial charge in [-0.2, -0.15) is 0 Å². The first-order valence-electron chi connectivity index (χ1n) is 6.57. The largest absolute Gasteiger partial charge is 0.355 e. The zero-order chi connectivity index (χ0) is 12.6. The Labute approximate surface area is 112 Å². The lowest BCUT2D eigenvalue weighted by Crippen LogP contribution is -2.39. The molecule has 100 valence electrons. The zero-order valence-electron chi connectivity index (χ0n) is 10.7. The van der Waals surface area contributed by atoms with Gasteiger partial charge in [0.2, 0.25) is 5.91 Å². The van der Waals surface area contributed by atoms with Gasteiger partial charge in [0.25, 0.3) is 0 Å². The van der Waals surface area contributed by atoms with Crippen LogP contribution < -0.4 is 10.6 Å². The number of nitrogens with zero attached hydrogens (tertiary/aromatic N) is 1. The number of hydrogen-bond donors (Lipinski definition) is 2. The van der Waals surface area contributed by atoms with Gasteiger partial charge >= 0.3 is 0 Å². The smallest absolute Gasteiger partial charge is 0.234 e. The number of nitrogens with one attached hydrogen (secondary N) is 2. The normalized spacial score (nSPS) is 17.3. The quantitative estimate of drug-likeness (QED) is 0.825. The van der Waals surface area contributed by atoms with Crippen LogP contribution in [0, 0.1) is 0 Å². The van der Waals surface area contributed by atoms with E-state index in [1.54, 1.807) is 11.3 Å². The molecular weight excluding hydrogens is 246 g/mol. The van der Waals surface area contributed by atoms with Crippen molar-refractivity contribution in [3.8, 4) is 0 Å². The highest BCUT2D eigenvalue weighted by Gasteiger charge is 2.12. The van der Waals surface area contributed by atoms with Gasteiger partial charge in [0.15, 0.2) is 0 Å². The van der Waals surface area contributed by atoms with Crippen LogP contribution in [0.25, 0.3) is 0 Å². The predicted molar refractivity (Wildman–Crippen MR) is 75.0 cm³/mol. The van der Waals surface area contributed by atoms with Gasteiger partial charge in [-0.1, -0.05) is 6.07 Å². The molecule has 1 aromatic heterocycles. The van der Waals surface area contributed by atoms with Crippen molar-refractivity contribution in [2.24, 2.45) is 0 Å². The van der Waals surface area contributed by atoms with E-state index in [0.717, 1.165) is 45.6 Å². The molecule has 0 bridgehead atoms. The first kappa shape index (κ1) is 13.5. The summed E-state index contributed by atoms with van der Waals surface area (Å²) in [6.45, 7) is 5.32. The standard InChI is InChI=1S/C13H21N3OS/c17-13(11-16-8-2-5-14-7-9-16)15-6-4-12-3-1-10-18-12/h1,3,10,14H,2,4-9,11H2,(H,15,17). The summed E-state index contributed by atoms with van der Waals surface area (Å²) in [5.74, 6) is 0.147. The Kier molecular flexibility index (Phi) is 5.64. The third-order valence-corrected chi connectivity index (χ3v) is 4.01. The molecule has 0 aliphatic carbocycles. The fourth-order valence-electron chi connectivity index (χ4n) is 2.10. The molecule has 0 radical (unpaired) electrons. The molecular formula is C13H21N3OS. The molecule has 0 spiro atoms. The van der Waals surface area contributed by atoms with Crippen LogP contribution >= 0.6 is 11.3 Å². The van der Waals surface area contributed by atoms with Crippen molar-refractivity contribution in [3.63, 3.8) is 0 Å². The van der Waals surface area contributed by atoms with Crippen LogP contribution in [0.4, 0.5) is 0 Å². The second-order valence-electron chi connectivity index (χ2n) is 4.56. The third-order valence-electron chi connectivity index (χ3n) is 3.07. The predicted octanol–water partition coefficient (Wildman–Crippen LogP) is 0.702. The van der Waals surface area contributed by atoms with Gasteiger partial charge in [-0.3, -0.25) is 9.69 Å². The van der Waals surface area contributed by atoms with Gasteiger partial charge in [0.05, 0.1) is 6.54 Å². The SMILES string of the molecule is O=C(CN1CCCNCC1)NCCc1cccs1. The van der Waals surface area contributed by atoms with E-state index in [2.05, 4.69) is 27.0 Å². The summed E-state index contributed by atoms with van der Waals surface area (Å²) in [5, 5.41) is 8.41. The Bertz CT molecular complexity index is 345. The minimum Gasteiger partial charge on any atom is -0.355 e. The van der Waals surface area contributed by atoms with Crippen LogP contribution in [-0.4, -0.2) is 50.1 Å². The van der Waals surface area contributed by atoms with Crippen molar-refractivity contribution in [2.45, 2.75) is 12.8 Å². The van der Waals surface area contributed by atoms with E-state index in [4.69, 9.17) is 0 Å². The molecule has 0 unspecified atom stereocenters. The lowest BCUT2D eigenvalue weighted by atomic mass is 10.3. The van der Waals surface area contributed by atoms with E-state index in [9.17, 15) is 4.79 Å². The third kappa shape index (κ3) is 4.76. The maximum Gasteiger partial charge on any atom is 0.234 e. The summed E-state index contributed by atoms with van der Waals surface area (Å²) >= 11 is 1.74. The minimum atomic E-state index is 0.147. The summed E-state index contributed by atoms with van der Waals surface area (Å²) in [7, 11) is 0. The molecule has 2 rings (SSSR count). The second kappa shape index (κ2) is 7.51. The molecule has 0 aromatic carbocycles. The second-order valence-corrected chi connectivity index (χ2v) is 5.59. The molecule has 1 aromatic rings. The monoisotopic (exact) mass is 267 g/mol. The van der Waals surface area contributed by atoms with E-state index < -0.39 is 0 Å². The number of thiophene rings is 1. The van der Waals surface area contributed by atoms with E-state index in [-0.39, 0.29) is 5.91 Å². The van der Waals surface area contributed by atoms with Crippen LogP contribution in [0.1, 0.15) is 11.3 Å². The van der Waals surface area contributed by atoms with Crippen LogP contribution in [0.2, 0.25) is 0 Å². The topological polar surface area (TPSA) is 44.4 Å². The highest BCUT2D eigenvalue weighted by atomic mass is 32.1. The van der Waals surface area contributed by atoms with Crippen molar-refractivity contribution in [2.75, 3.05) is 39.3 Å². The molecule has 0 saturated carbocycles. The number of rotatable bonds is 5. The van der Waals surface area contributed by atoms with Crippen LogP contribution in [0.5, 0.6) is 0 Å². The average molecular weight is 267 g/mol. The van der Waals surface area contributed by atoms with Gasteiger partial charge in [-0.05, 0) is 37.4 Å². The van der Waals surface area contributed by atoms with Crippen molar-refractivity contribution < 1.29 is 4.79 Å². The summed E-state index contributed by atoms with van der Waals surface area (Å²) in [4.78, 5) is 15.3. The lowest BCUT2D eigenvalue weighted by Gasteiger charge is -2.18. The molecule has 1 fully saturated rings. The van der Waals surface area contributed by atoms with Crippen molar-refractivity contribution in [3.05, 3.63) is 22.4 Å². The number of carbonyl (C=O) groups is 1. The van der Waals surface area contributed by atoms with Crippen LogP contribution in [0.3, 0.4) is 0 Å². The van der Waals surface area contributed by atoms with Gasteiger partial charge in [-0.25, -0.2) is 0 Å². The number of hydrogen-bond acceptors (Lipinski definition) is 4. The Morgan fingerprint density at radius 3 is 3.22 bits per heavy atom. The molecule has 2 heterocycles. The van der Waals surface area contributed by atoms with E-state index >= 15 is 0 Å². The van der Waals surface area contributed by atoms with Crippen molar-refractivity contribution in [1.82, 2.24) is 15.5 Å². The lowest BCUT2D eigenvalue weighted by molar-refractivity contribution is -0.122. The van der Waals surface area contributed by atoms with Crippen LogP contribution in [0.15, 0.2) is 17.5 Å². The Morgan fingerprint density at radius 1 is 1.44 bits per heavy atom. The molecule has 1 aliphatic rings. The highest BCUT2D eigenvalue weighted by Crippen LogP contribution is 2.07. The summed E-state index contributed by atoms with van der Waals surface area (Å²) in [5.41, 5.74) is 0. The van der Waals surface area contributed by atoms with Crippen LogP contribution in [-0.2, 0) is 11.2 Å². The summed E-state index contributed by atoms with van der Waals surface area (Å²) in [6, 6.07) is 4.16. The summed E-state index contributed by atoms with van der Waals surface area (Å²) < 4.78 is 0. The van der Waals surface area contributed by atoms with Gasteiger partial charge in [0, 0.05) is 24.5 Å². The van der Waals surface area contributed by atoms with Crippen molar-refractivity contribution in [1.29, 1.82) is 0 Å². The van der Waals surface area contributed by atoms with Crippen molar-refractivity contribution >= 4 is 17.2 Å².